The van der Waals surface area contributed by atoms with Gasteiger partial charge in [0.05, 0.1) is 10.8 Å². The van der Waals surface area contributed by atoms with Crippen molar-refractivity contribution in [3.05, 3.63) is 58.9 Å². The fourth-order valence-corrected chi connectivity index (χ4v) is 1.88. The third-order valence-corrected chi connectivity index (χ3v) is 2.94. The Kier molecular flexibility index (Phi) is 4.23. The van der Waals surface area contributed by atoms with Gasteiger partial charge in [-0.25, -0.2) is 4.39 Å². The Balaban J connectivity index is 2.17. The van der Waals surface area contributed by atoms with Gasteiger partial charge < -0.3 is 17.7 Å². The van der Waals surface area contributed by atoms with Crippen LogP contribution in [-0.4, -0.2) is 6.98 Å². The summed E-state index contributed by atoms with van der Waals surface area (Å²) in [5.41, 5.74) is -0.304. The first-order chi connectivity index (χ1) is 9.38. The Bertz CT molecular complexity index is 616. The van der Waals surface area contributed by atoms with Crippen molar-refractivity contribution in [3.63, 3.8) is 0 Å². The molecule has 0 bridgehead atoms. The van der Waals surface area contributed by atoms with E-state index in [0.29, 0.717) is 5.56 Å². The van der Waals surface area contributed by atoms with Gasteiger partial charge in [0.25, 0.3) is 0 Å². The second-order valence-corrected chi connectivity index (χ2v) is 4.56. The lowest BCUT2D eigenvalue weighted by Crippen LogP contribution is -2.35. The summed E-state index contributed by atoms with van der Waals surface area (Å²) in [4.78, 5) is 0. The molecule has 0 spiro atoms. The van der Waals surface area contributed by atoms with E-state index >= 15 is 0 Å². The summed E-state index contributed by atoms with van der Waals surface area (Å²) in [5, 5.41) is -0.0978. The molecule has 0 aromatic heterocycles. The summed E-state index contributed by atoms with van der Waals surface area (Å²) < 4.78 is 56.5. The molecular formula is C13H9BClF4O-. The number of benzene rings is 2. The van der Waals surface area contributed by atoms with Crippen molar-refractivity contribution in [3.8, 4) is 5.75 Å². The summed E-state index contributed by atoms with van der Waals surface area (Å²) in [5.74, 6) is -0.838. The van der Waals surface area contributed by atoms with E-state index < -0.39 is 18.3 Å². The highest BCUT2D eigenvalue weighted by atomic mass is 35.5. The van der Waals surface area contributed by atoms with Crippen molar-refractivity contribution >= 4 is 24.0 Å². The van der Waals surface area contributed by atoms with Crippen LogP contribution < -0.4 is 10.2 Å². The molecule has 0 atom stereocenters. The van der Waals surface area contributed by atoms with E-state index in [4.69, 9.17) is 16.3 Å². The highest BCUT2D eigenvalue weighted by Gasteiger charge is 2.28. The first-order valence-corrected chi connectivity index (χ1v) is 6.11. The summed E-state index contributed by atoms with van der Waals surface area (Å²) in [6, 6.07) is 8.83. The molecule has 0 N–H and O–H groups in total. The molecule has 1 nitrogen and oxygen atoms in total. The molecule has 7 heteroatoms. The minimum Gasteiger partial charge on any atom is -0.492 e. The van der Waals surface area contributed by atoms with Crippen molar-refractivity contribution in [1.82, 2.24) is 0 Å². The quantitative estimate of drug-likeness (QED) is 0.610. The highest BCUT2D eigenvalue weighted by molar-refractivity contribution is 6.74. The zero-order valence-electron chi connectivity index (χ0n) is 10.1. The standard InChI is InChI=1S/C13H9BClF4O/c15-11-7-9(5-6-12(11)16)8-20-13-4-2-1-3-10(13)14(17,18)19/h1-7H,8H2/q-1. The fraction of sp³-hybridized carbons (Fsp3) is 0.0769. The molecule has 0 aliphatic rings. The van der Waals surface area contributed by atoms with Crippen LogP contribution in [0.2, 0.25) is 5.02 Å². The minimum absolute atomic E-state index is 0.0978. The van der Waals surface area contributed by atoms with Crippen LogP contribution >= 0.6 is 11.6 Å². The van der Waals surface area contributed by atoms with Gasteiger partial charge in [-0.2, -0.15) is 0 Å². The number of rotatable bonds is 4. The SMILES string of the molecule is Fc1ccc(COc2ccccc2[B-](F)(F)F)cc1Cl. The summed E-state index contributed by atoms with van der Waals surface area (Å²) in [6.45, 7) is -5.27. The molecule has 106 valence electrons. The van der Waals surface area contributed by atoms with Gasteiger partial charge in [0.2, 0.25) is 0 Å². The van der Waals surface area contributed by atoms with E-state index in [1.54, 1.807) is 0 Å². The van der Waals surface area contributed by atoms with Crippen LogP contribution in [0.25, 0.3) is 0 Å². The van der Waals surface area contributed by atoms with Crippen LogP contribution in [0.3, 0.4) is 0 Å². The maximum Gasteiger partial charge on any atom is 0.513 e. The molecule has 0 saturated carbocycles. The van der Waals surface area contributed by atoms with Crippen LogP contribution in [-0.2, 0) is 6.61 Å². The van der Waals surface area contributed by atoms with Gasteiger partial charge in [-0.1, -0.05) is 41.3 Å². The Morgan fingerprint density at radius 1 is 1.05 bits per heavy atom. The third-order valence-electron chi connectivity index (χ3n) is 2.65. The minimum atomic E-state index is -5.15. The van der Waals surface area contributed by atoms with Crippen molar-refractivity contribution in [1.29, 1.82) is 0 Å². The van der Waals surface area contributed by atoms with Gasteiger partial charge >= 0.3 is 6.98 Å². The fourth-order valence-electron chi connectivity index (χ4n) is 1.67. The van der Waals surface area contributed by atoms with Crippen molar-refractivity contribution < 1.29 is 22.1 Å². The van der Waals surface area contributed by atoms with E-state index in [0.717, 1.165) is 12.1 Å². The molecule has 0 unspecified atom stereocenters. The average molecular weight is 303 g/mol. The van der Waals surface area contributed by atoms with Crippen molar-refractivity contribution in [2.75, 3.05) is 0 Å². The molecule has 0 fully saturated rings. The van der Waals surface area contributed by atoms with Gasteiger partial charge in [0.15, 0.2) is 0 Å². The van der Waals surface area contributed by atoms with Crippen LogP contribution in [0.15, 0.2) is 42.5 Å². The molecular weight excluding hydrogens is 294 g/mol. The largest absolute Gasteiger partial charge is 0.513 e. The summed E-state index contributed by atoms with van der Waals surface area (Å²) >= 11 is 5.59. The van der Waals surface area contributed by atoms with E-state index in [-0.39, 0.29) is 17.4 Å². The van der Waals surface area contributed by atoms with E-state index in [1.165, 1.54) is 30.3 Å². The molecule has 0 saturated heterocycles. The predicted octanol–water partition coefficient (Wildman–Crippen LogP) is 4.11. The maximum atomic E-state index is 13.0. The zero-order valence-corrected chi connectivity index (χ0v) is 10.9. The molecule has 20 heavy (non-hydrogen) atoms. The van der Waals surface area contributed by atoms with Crippen LogP contribution in [0.1, 0.15) is 5.56 Å². The van der Waals surface area contributed by atoms with Gasteiger partial charge in [-0.05, 0) is 23.8 Å². The Labute approximate surface area is 118 Å². The maximum absolute atomic E-state index is 13.0. The van der Waals surface area contributed by atoms with Crippen LogP contribution in [0.4, 0.5) is 17.3 Å². The lowest BCUT2D eigenvalue weighted by atomic mass is 9.79. The molecule has 0 aliphatic carbocycles. The zero-order chi connectivity index (χ0) is 14.8. The number of ether oxygens (including phenoxy) is 1. The van der Waals surface area contributed by atoms with E-state index in [9.17, 15) is 17.3 Å². The van der Waals surface area contributed by atoms with Crippen molar-refractivity contribution in [2.24, 2.45) is 0 Å². The molecule has 0 heterocycles. The lowest BCUT2D eigenvalue weighted by Gasteiger charge is -2.19. The number of hydrogen-bond acceptors (Lipinski definition) is 1. The van der Waals surface area contributed by atoms with Gasteiger partial charge in [-0.15, -0.1) is 0 Å². The monoisotopic (exact) mass is 303 g/mol. The highest BCUT2D eigenvalue weighted by Crippen LogP contribution is 2.20. The third kappa shape index (κ3) is 3.45. The smallest absolute Gasteiger partial charge is 0.492 e. The molecule has 2 aromatic carbocycles. The summed E-state index contributed by atoms with van der Waals surface area (Å²) in [6.07, 6.45) is 0. The molecule has 2 rings (SSSR count). The average Bonchev–Trinajstić information content (AvgIpc) is 2.39. The summed E-state index contributed by atoms with van der Waals surface area (Å²) in [7, 11) is 0. The normalized spacial score (nSPS) is 11.4. The topological polar surface area (TPSA) is 9.23 Å². The molecule has 2 aromatic rings. The van der Waals surface area contributed by atoms with Gasteiger partial charge in [0, 0.05) is 0 Å². The van der Waals surface area contributed by atoms with E-state index in [2.05, 4.69) is 0 Å². The second kappa shape index (κ2) is 5.75. The van der Waals surface area contributed by atoms with Crippen LogP contribution in [0.5, 0.6) is 5.75 Å². The van der Waals surface area contributed by atoms with Crippen molar-refractivity contribution in [2.45, 2.75) is 6.61 Å². The number of para-hydroxylation sites is 1. The van der Waals surface area contributed by atoms with Gasteiger partial charge in [-0.3, -0.25) is 0 Å². The number of hydrogen-bond donors (Lipinski definition) is 0. The van der Waals surface area contributed by atoms with Gasteiger partial charge in [0.1, 0.15) is 12.4 Å². The van der Waals surface area contributed by atoms with E-state index in [1.807, 2.05) is 0 Å². The first-order valence-electron chi connectivity index (χ1n) is 5.73. The number of halogens is 5. The predicted molar refractivity (Wildman–Crippen MR) is 70.9 cm³/mol. The molecule has 0 amide bonds. The Morgan fingerprint density at radius 3 is 2.40 bits per heavy atom. The Morgan fingerprint density at radius 2 is 1.75 bits per heavy atom. The lowest BCUT2D eigenvalue weighted by molar-refractivity contribution is 0.307. The first kappa shape index (κ1) is 14.7. The Hall–Kier alpha value is -1.69. The van der Waals surface area contributed by atoms with Crippen LogP contribution in [0, 0.1) is 5.82 Å². The molecule has 0 aliphatic heterocycles. The molecule has 0 radical (unpaired) electrons. The second-order valence-electron chi connectivity index (χ2n) is 4.15.